The number of amides is 1. The number of unbranched alkanes of at least 4 members (excludes halogenated alkanes) is 35. The van der Waals surface area contributed by atoms with E-state index in [0.29, 0.717) is 6.42 Å². The average molecular weight is 949 g/mol. The summed E-state index contributed by atoms with van der Waals surface area (Å²) < 4.78 is 11.2. The van der Waals surface area contributed by atoms with E-state index in [4.69, 9.17) is 9.47 Å². The van der Waals surface area contributed by atoms with Gasteiger partial charge in [-0.2, -0.15) is 0 Å². The molecule has 0 spiro atoms. The van der Waals surface area contributed by atoms with E-state index < -0.39 is 49.5 Å². The van der Waals surface area contributed by atoms with Crippen molar-refractivity contribution < 1.29 is 39.8 Å². The lowest BCUT2D eigenvalue weighted by atomic mass is 9.99. The summed E-state index contributed by atoms with van der Waals surface area (Å²) in [4.78, 5) is 13.0. The topological polar surface area (TPSA) is 149 Å². The molecule has 0 aliphatic carbocycles. The quantitative estimate of drug-likeness (QED) is 0.0261. The second kappa shape index (κ2) is 48.1. The summed E-state index contributed by atoms with van der Waals surface area (Å²) in [6.07, 6.45) is 55.2. The number of ether oxygens (including phenoxy) is 2. The van der Waals surface area contributed by atoms with E-state index in [1.165, 1.54) is 212 Å². The van der Waals surface area contributed by atoms with Crippen LogP contribution in [0.1, 0.15) is 271 Å². The van der Waals surface area contributed by atoms with Crippen molar-refractivity contribution in [2.45, 2.75) is 314 Å². The molecule has 0 aromatic carbocycles. The number of aliphatic hydroxyl groups excluding tert-OH is 5. The molecular weight excluding hydrogens is 839 g/mol. The van der Waals surface area contributed by atoms with Crippen molar-refractivity contribution in [2.75, 3.05) is 13.2 Å². The number of hydrogen-bond acceptors (Lipinski definition) is 8. The maximum Gasteiger partial charge on any atom is 0.220 e. The largest absolute Gasteiger partial charge is 0.394 e. The van der Waals surface area contributed by atoms with Crippen LogP contribution in [0.3, 0.4) is 0 Å². The Morgan fingerprint density at radius 1 is 0.493 bits per heavy atom. The van der Waals surface area contributed by atoms with Gasteiger partial charge < -0.3 is 40.3 Å². The van der Waals surface area contributed by atoms with E-state index in [9.17, 15) is 30.3 Å². The summed E-state index contributed by atoms with van der Waals surface area (Å²) in [5.74, 6) is -0.184. The van der Waals surface area contributed by atoms with Crippen LogP contribution in [0.25, 0.3) is 0 Å². The average Bonchev–Trinajstić information content (AvgIpc) is 3.33. The molecular formula is C58H109NO8. The Hall–Kier alpha value is -1.59. The van der Waals surface area contributed by atoms with Crippen LogP contribution in [0.15, 0.2) is 36.5 Å². The minimum absolute atomic E-state index is 0.184. The SMILES string of the molecule is CCCCCCCCC/C=C/CC/C=C/C(O)C(COC1OC(CO)C(O)C(O)C1O)NC(=O)CCCCCCCCCCCCCCCCCCCCC/C=C\CCCCCCCCCC. The maximum atomic E-state index is 13.0. The number of carbonyl (C=O) groups is 1. The van der Waals surface area contributed by atoms with Crippen LogP contribution in [0, 0.1) is 0 Å². The predicted molar refractivity (Wildman–Crippen MR) is 281 cm³/mol. The molecule has 9 heteroatoms. The van der Waals surface area contributed by atoms with Crippen LogP contribution >= 0.6 is 0 Å². The van der Waals surface area contributed by atoms with Gasteiger partial charge in [-0.25, -0.2) is 0 Å². The molecule has 9 nitrogen and oxygen atoms in total. The first kappa shape index (κ1) is 63.4. The Balaban J connectivity index is 2.13. The van der Waals surface area contributed by atoms with Gasteiger partial charge in [0.25, 0.3) is 0 Å². The lowest BCUT2D eigenvalue weighted by Crippen LogP contribution is -2.60. The Kier molecular flexibility index (Phi) is 45.5. The van der Waals surface area contributed by atoms with Crippen molar-refractivity contribution in [1.82, 2.24) is 5.32 Å². The van der Waals surface area contributed by atoms with E-state index in [1.807, 2.05) is 6.08 Å². The van der Waals surface area contributed by atoms with E-state index in [1.54, 1.807) is 6.08 Å². The fourth-order valence-corrected chi connectivity index (χ4v) is 9.11. The Morgan fingerprint density at radius 2 is 0.851 bits per heavy atom. The molecule has 1 heterocycles. The summed E-state index contributed by atoms with van der Waals surface area (Å²) in [6, 6.07) is -0.819. The van der Waals surface area contributed by atoms with Crippen LogP contribution in [0.4, 0.5) is 0 Å². The fraction of sp³-hybridized carbons (Fsp3) is 0.879. The van der Waals surface area contributed by atoms with Gasteiger partial charge in [-0.1, -0.05) is 243 Å². The fourth-order valence-electron chi connectivity index (χ4n) is 9.11. The summed E-state index contributed by atoms with van der Waals surface area (Å²) in [7, 11) is 0. The normalized spacial score (nSPS) is 19.9. The maximum absolute atomic E-state index is 13.0. The molecule has 7 atom stereocenters. The molecule has 0 aromatic rings. The standard InChI is InChI=1S/C58H109NO8/c1-3-5-7-9-11-13-15-17-18-19-20-21-22-23-24-25-26-27-28-29-30-31-32-33-34-36-38-40-42-44-46-48-54(62)59-51(50-66-58-57(65)56(64)55(63)53(49-60)67-58)52(61)47-45-43-41-39-37-35-16-14-12-10-8-6-4-2/h19-20,37,39,45,47,51-53,55-58,60-61,63-65H,3-18,21-36,38,40-44,46,48-50H2,1-2H3,(H,59,62)/b20-19-,39-37+,47-45+. The van der Waals surface area contributed by atoms with Gasteiger partial charge in [0.2, 0.25) is 5.91 Å². The zero-order valence-electron chi connectivity index (χ0n) is 43.7. The Morgan fingerprint density at radius 3 is 1.25 bits per heavy atom. The highest BCUT2D eigenvalue weighted by molar-refractivity contribution is 5.76. The highest BCUT2D eigenvalue weighted by atomic mass is 16.7. The van der Waals surface area contributed by atoms with E-state index in [2.05, 4.69) is 43.5 Å². The Bertz CT molecular complexity index is 1150. The zero-order chi connectivity index (χ0) is 48.7. The van der Waals surface area contributed by atoms with Crippen molar-refractivity contribution in [1.29, 1.82) is 0 Å². The van der Waals surface area contributed by atoms with Crippen molar-refractivity contribution >= 4 is 5.91 Å². The Labute approximate surface area is 412 Å². The van der Waals surface area contributed by atoms with Crippen LogP contribution in [-0.2, 0) is 14.3 Å². The molecule has 1 aliphatic heterocycles. The van der Waals surface area contributed by atoms with E-state index >= 15 is 0 Å². The lowest BCUT2D eigenvalue weighted by Gasteiger charge is -2.40. The predicted octanol–water partition coefficient (Wildman–Crippen LogP) is 14.0. The highest BCUT2D eigenvalue weighted by Crippen LogP contribution is 2.23. The second-order valence-corrected chi connectivity index (χ2v) is 20.1. The first-order valence-corrected chi connectivity index (χ1v) is 28.7. The third-order valence-corrected chi connectivity index (χ3v) is 13.7. The van der Waals surface area contributed by atoms with Crippen molar-refractivity contribution in [3.63, 3.8) is 0 Å². The minimum atomic E-state index is -1.57. The van der Waals surface area contributed by atoms with E-state index in [0.717, 1.165) is 38.5 Å². The summed E-state index contributed by atoms with van der Waals surface area (Å²) in [5, 5.41) is 54.3. The molecule has 0 radical (unpaired) electrons. The van der Waals surface area contributed by atoms with Gasteiger partial charge in [0, 0.05) is 6.42 Å². The first-order valence-electron chi connectivity index (χ1n) is 28.7. The highest BCUT2D eigenvalue weighted by Gasteiger charge is 2.44. The number of aliphatic hydroxyl groups is 5. The van der Waals surface area contributed by atoms with Gasteiger partial charge in [-0.15, -0.1) is 0 Å². The molecule has 67 heavy (non-hydrogen) atoms. The molecule has 6 N–H and O–H groups in total. The van der Waals surface area contributed by atoms with Gasteiger partial charge in [0.15, 0.2) is 6.29 Å². The van der Waals surface area contributed by atoms with Crippen molar-refractivity contribution in [2.24, 2.45) is 0 Å². The number of hydrogen-bond donors (Lipinski definition) is 6. The molecule has 1 rings (SSSR count). The summed E-state index contributed by atoms with van der Waals surface area (Å²) in [5.41, 5.74) is 0. The summed E-state index contributed by atoms with van der Waals surface area (Å²) >= 11 is 0. The van der Waals surface area contributed by atoms with Gasteiger partial charge in [0.1, 0.15) is 24.4 Å². The zero-order valence-corrected chi connectivity index (χ0v) is 43.7. The molecule has 1 aliphatic rings. The van der Waals surface area contributed by atoms with Crippen LogP contribution < -0.4 is 5.32 Å². The number of rotatable bonds is 49. The second-order valence-electron chi connectivity index (χ2n) is 20.1. The smallest absolute Gasteiger partial charge is 0.220 e. The first-order chi connectivity index (χ1) is 32.8. The molecule has 7 unspecified atom stereocenters. The molecule has 0 saturated carbocycles. The van der Waals surface area contributed by atoms with Gasteiger partial charge in [0.05, 0.1) is 25.4 Å². The molecule has 0 bridgehead atoms. The molecule has 1 saturated heterocycles. The molecule has 0 aromatic heterocycles. The van der Waals surface area contributed by atoms with Crippen molar-refractivity contribution in [3.05, 3.63) is 36.5 Å². The van der Waals surface area contributed by atoms with Crippen LogP contribution in [0.5, 0.6) is 0 Å². The van der Waals surface area contributed by atoms with Gasteiger partial charge >= 0.3 is 0 Å². The number of carbonyl (C=O) groups excluding carboxylic acids is 1. The molecule has 1 amide bonds. The van der Waals surface area contributed by atoms with Gasteiger partial charge in [-0.05, 0) is 57.8 Å². The third-order valence-electron chi connectivity index (χ3n) is 13.7. The van der Waals surface area contributed by atoms with Crippen LogP contribution in [0.2, 0.25) is 0 Å². The van der Waals surface area contributed by atoms with Gasteiger partial charge in [-0.3, -0.25) is 4.79 Å². The third kappa shape index (κ3) is 37.9. The number of allylic oxidation sites excluding steroid dienone is 5. The molecule has 394 valence electrons. The minimum Gasteiger partial charge on any atom is -0.394 e. The van der Waals surface area contributed by atoms with E-state index in [-0.39, 0.29) is 12.5 Å². The summed E-state index contributed by atoms with van der Waals surface area (Å²) in [6.45, 7) is 3.77. The van der Waals surface area contributed by atoms with Crippen LogP contribution in [-0.4, -0.2) is 87.5 Å². The number of nitrogens with one attached hydrogen (secondary N) is 1. The monoisotopic (exact) mass is 948 g/mol. The van der Waals surface area contributed by atoms with Crippen molar-refractivity contribution in [3.8, 4) is 0 Å². The molecule has 1 fully saturated rings. The lowest BCUT2D eigenvalue weighted by molar-refractivity contribution is -0.302.